The van der Waals surface area contributed by atoms with Gasteiger partial charge in [-0.2, -0.15) is 0 Å². The van der Waals surface area contributed by atoms with Gasteiger partial charge < -0.3 is 10.2 Å². The molecule has 22 heavy (non-hydrogen) atoms. The fourth-order valence-electron chi connectivity index (χ4n) is 2.71. The van der Waals surface area contributed by atoms with E-state index in [1.54, 1.807) is 0 Å². The highest BCUT2D eigenvalue weighted by Gasteiger charge is 2.17. The molecule has 0 radical (unpaired) electrons. The summed E-state index contributed by atoms with van der Waals surface area (Å²) in [6.07, 6.45) is 3.84. The average molecular weight is 295 g/mol. The third-order valence-corrected chi connectivity index (χ3v) is 4.05. The highest BCUT2D eigenvalue weighted by Crippen LogP contribution is 2.17. The standard InChI is InChI=1S/C18H21N3O/c1-3-4-10-17-19-16-12-15(11-14-8-6-5-7-9-14)13(2)21(22)18(16)20-17/h5-9,12H,3-4,10-11H2,1-2H3,(H,19,20). The Morgan fingerprint density at radius 1 is 1.23 bits per heavy atom. The summed E-state index contributed by atoms with van der Waals surface area (Å²) in [6, 6.07) is 12.3. The Morgan fingerprint density at radius 3 is 2.73 bits per heavy atom. The van der Waals surface area contributed by atoms with Crippen LogP contribution in [0.25, 0.3) is 11.2 Å². The normalized spacial score (nSPS) is 11.2. The molecule has 0 saturated heterocycles. The van der Waals surface area contributed by atoms with E-state index in [1.807, 2.05) is 25.1 Å². The number of hydrogen-bond acceptors (Lipinski definition) is 2. The molecule has 2 heterocycles. The minimum Gasteiger partial charge on any atom is -0.710 e. The van der Waals surface area contributed by atoms with Crippen molar-refractivity contribution in [2.75, 3.05) is 0 Å². The van der Waals surface area contributed by atoms with Crippen molar-refractivity contribution in [2.45, 2.75) is 39.5 Å². The van der Waals surface area contributed by atoms with E-state index in [4.69, 9.17) is 0 Å². The molecule has 0 fully saturated rings. The molecule has 1 aromatic carbocycles. The van der Waals surface area contributed by atoms with Gasteiger partial charge in [0.2, 0.25) is 5.82 Å². The van der Waals surface area contributed by atoms with Crippen LogP contribution in [0.15, 0.2) is 36.4 Å². The number of H-pyrrole nitrogens is 1. The first-order chi connectivity index (χ1) is 10.7. The number of imidazole rings is 1. The Morgan fingerprint density at radius 2 is 2.00 bits per heavy atom. The van der Waals surface area contributed by atoms with Crippen LogP contribution in [0.5, 0.6) is 0 Å². The van der Waals surface area contributed by atoms with E-state index in [2.05, 4.69) is 35.1 Å². The lowest BCUT2D eigenvalue weighted by Gasteiger charge is -2.11. The lowest BCUT2D eigenvalue weighted by atomic mass is 10.0. The van der Waals surface area contributed by atoms with Crippen LogP contribution < -0.4 is 4.73 Å². The zero-order chi connectivity index (χ0) is 15.5. The van der Waals surface area contributed by atoms with E-state index < -0.39 is 0 Å². The zero-order valence-electron chi connectivity index (χ0n) is 13.1. The van der Waals surface area contributed by atoms with Crippen LogP contribution in [0.3, 0.4) is 0 Å². The number of nitrogens with one attached hydrogen (secondary N) is 1. The second-order valence-corrected chi connectivity index (χ2v) is 5.74. The summed E-state index contributed by atoms with van der Waals surface area (Å²) in [5, 5.41) is 12.5. The number of aromatic nitrogens is 3. The van der Waals surface area contributed by atoms with E-state index in [1.165, 1.54) is 5.56 Å². The molecule has 0 bridgehead atoms. The quantitative estimate of drug-likeness (QED) is 0.579. The SMILES string of the molecule is CCCCc1nc2c(cc(Cc3ccccc3)c(C)[n+]2[O-])[nH]1. The third-order valence-electron chi connectivity index (χ3n) is 4.05. The Balaban J connectivity index is 1.99. The summed E-state index contributed by atoms with van der Waals surface area (Å²) in [5.74, 6) is 0.901. The van der Waals surface area contributed by atoms with Crippen LogP contribution in [0.4, 0.5) is 0 Å². The van der Waals surface area contributed by atoms with Gasteiger partial charge >= 0.3 is 5.65 Å². The van der Waals surface area contributed by atoms with Crippen LogP contribution in [0.2, 0.25) is 0 Å². The number of aromatic amines is 1. The molecule has 0 aliphatic carbocycles. The van der Waals surface area contributed by atoms with Crippen LogP contribution in [-0.2, 0) is 12.8 Å². The molecule has 1 N–H and O–H groups in total. The Hall–Kier alpha value is -2.36. The van der Waals surface area contributed by atoms with Gasteiger partial charge in [0.05, 0.1) is 0 Å². The molecule has 0 unspecified atom stereocenters. The summed E-state index contributed by atoms with van der Waals surface area (Å²) < 4.78 is 0.958. The van der Waals surface area contributed by atoms with E-state index in [0.717, 1.165) is 53.0 Å². The zero-order valence-corrected chi connectivity index (χ0v) is 13.1. The van der Waals surface area contributed by atoms with E-state index >= 15 is 0 Å². The highest BCUT2D eigenvalue weighted by molar-refractivity contribution is 5.68. The summed E-state index contributed by atoms with van der Waals surface area (Å²) in [5.41, 5.74) is 4.30. The molecule has 0 atom stereocenters. The fraction of sp³-hybridized carbons (Fsp3) is 0.333. The number of rotatable bonds is 5. The van der Waals surface area contributed by atoms with Gasteiger partial charge in [0.1, 0.15) is 11.2 Å². The van der Waals surface area contributed by atoms with Crippen molar-refractivity contribution in [3.8, 4) is 0 Å². The van der Waals surface area contributed by atoms with Crippen molar-refractivity contribution in [3.63, 3.8) is 0 Å². The first-order valence-corrected chi connectivity index (χ1v) is 7.83. The smallest absolute Gasteiger partial charge is 0.352 e. The molecule has 4 nitrogen and oxygen atoms in total. The van der Waals surface area contributed by atoms with Gasteiger partial charge in [-0.05, 0) is 30.0 Å². The summed E-state index contributed by atoms with van der Waals surface area (Å²) in [7, 11) is 0. The maximum absolute atomic E-state index is 12.5. The van der Waals surface area contributed by atoms with Crippen LogP contribution in [0, 0.1) is 12.1 Å². The molecule has 3 rings (SSSR count). The lowest BCUT2D eigenvalue weighted by Crippen LogP contribution is -2.32. The Labute approximate surface area is 130 Å². The first-order valence-electron chi connectivity index (χ1n) is 7.83. The highest BCUT2D eigenvalue weighted by atomic mass is 16.5. The van der Waals surface area contributed by atoms with Gasteiger partial charge in [-0.15, -0.1) is 0 Å². The molecular formula is C18H21N3O. The largest absolute Gasteiger partial charge is 0.710 e. The molecule has 0 spiro atoms. The van der Waals surface area contributed by atoms with E-state index in [9.17, 15) is 5.21 Å². The van der Waals surface area contributed by atoms with Gasteiger partial charge in [-0.3, -0.25) is 0 Å². The van der Waals surface area contributed by atoms with Gasteiger partial charge in [0.25, 0.3) is 0 Å². The monoisotopic (exact) mass is 295 g/mol. The van der Waals surface area contributed by atoms with Crippen molar-refractivity contribution in [2.24, 2.45) is 0 Å². The van der Waals surface area contributed by atoms with Crippen molar-refractivity contribution in [3.05, 3.63) is 64.3 Å². The van der Waals surface area contributed by atoms with Gasteiger partial charge in [0.15, 0.2) is 0 Å². The van der Waals surface area contributed by atoms with Crippen molar-refractivity contribution in [1.29, 1.82) is 0 Å². The van der Waals surface area contributed by atoms with Crippen LogP contribution >= 0.6 is 0 Å². The van der Waals surface area contributed by atoms with Crippen LogP contribution in [0.1, 0.15) is 42.4 Å². The summed E-state index contributed by atoms with van der Waals surface area (Å²) in [4.78, 5) is 7.75. The molecule has 114 valence electrons. The molecule has 0 saturated carbocycles. The lowest BCUT2D eigenvalue weighted by molar-refractivity contribution is -0.586. The summed E-state index contributed by atoms with van der Waals surface area (Å²) >= 11 is 0. The number of nitrogens with zero attached hydrogens (tertiary/aromatic N) is 2. The predicted octanol–water partition coefficient (Wildman–Crippen LogP) is 3.44. The number of hydrogen-bond donors (Lipinski definition) is 1. The van der Waals surface area contributed by atoms with Crippen molar-refractivity contribution < 1.29 is 4.73 Å². The molecule has 0 aliphatic rings. The fourth-order valence-corrected chi connectivity index (χ4v) is 2.71. The van der Waals surface area contributed by atoms with Gasteiger partial charge in [-0.1, -0.05) is 43.7 Å². The van der Waals surface area contributed by atoms with Crippen molar-refractivity contribution >= 4 is 11.2 Å². The number of aryl methyl sites for hydroxylation is 1. The topological polar surface area (TPSA) is 55.6 Å². The summed E-state index contributed by atoms with van der Waals surface area (Å²) in [6.45, 7) is 4.02. The molecule has 4 heteroatoms. The number of pyridine rings is 1. The second-order valence-electron chi connectivity index (χ2n) is 5.74. The van der Waals surface area contributed by atoms with Gasteiger partial charge in [-0.25, -0.2) is 4.73 Å². The average Bonchev–Trinajstić information content (AvgIpc) is 2.94. The Bertz CT molecular complexity index is 778. The second kappa shape index (κ2) is 6.18. The van der Waals surface area contributed by atoms with Crippen LogP contribution in [-0.4, -0.2) is 9.97 Å². The van der Waals surface area contributed by atoms with Crippen molar-refractivity contribution in [1.82, 2.24) is 9.97 Å². The first kappa shape index (κ1) is 14.6. The predicted molar refractivity (Wildman–Crippen MR) is 87.7 cm³/mol. The van der Waals surface area contributed by atoms with Gasteiger partial charge in [0, 0.05) is 18.4 Å². The number of fused-ring (bicyclic) bond motifs is 1. The molecule has 3 aromatic rings. The number of benzene rings is 1. The van der Waals surface area contributed by atoms with E-state index in [0.29, 0.717) is 5.65 Å². The third kappa shape index (κ3) is 2.82. The number of unbranched alkanes of at least 4 members (excludes halogenated alkanes) is 1. The molecule has 0 amide bonds. The molecule has 2 aromatic heterocycles. The minimum atomic E-state index is 0.500. The maximum Gasteiger partial charge on any atom is 0.352 e. The molecular weight excluding hydrogens is 274 g/mol. The van der Waals surface area contributed by atoms with E-state index in [-0.39, 0.29) is 0 Å². The minimum absolute atomic E-state index is 0.500. The maximum atomic E-state index is 12.5. The molecule has 0 aliphatic heterocycles. The Kier molecular flexibility index (Phi) is 4.09.